The van der Waals surface area contributed by atoms with Crippen molar-refractivity contribution in [1.29, 1.82) is 0 Å². The Kier molecular flexibility index (Phi) is 8.35. The first-order valence-electron chi connectivity index (χ1n) is 9.96. The molecule has 0 saturated carbocycles. The monoisotopic (exact) mass is 553 g/mol. The molecule has 3 rings (SSSR count). The average molecular weight is 555 g/mol. The van der Waals surface area contributed by atoms with Crippen LogP contribution >= 0.6 is 27.5 Å². The van der Waals surface area contributed by atoms with Gasteiger partial charge in [-0.3, -0.25) is 29.6 Å². The van der Waals surface area contributed by atoms with Gasteiger partial charge in [0.15, 0.2) is 6.61 Å². The number of nitrogens with one attached hydrogen (secondary N) is 2. The van der Waals surface area contributed by atoms with Crippen molar-refractivity contribution in [2.45, 2.75) is 6.42 Å². The van der Waals surface area contributed by atoms with Crippen molar-refractivity contribution in [1.82, 2.24) is 10.4 Å². The number of carbonyl (C=O) groups excluding carboxylic acids is 4. The second-order valence-electron chi connectivity index (χ2n) is 7.23. The molecule has 180 valence electrons. The number of esters is 1. The van der Waals surface area contributed by atoms with Gasteiger partial charge in [-0.15, -0.1) is 0 Å². The molecule has 2 aromatic rings. The first kappa shape index (κ1) is 25.3. The van der Waals surface area contributed by atoms with Gasteiger partial charge in [-0.05, 0) is 30.3 Å². The van der Waals surface area contributed by atoms with Crippen LogP contribution in [0.5, 0.6) is 11.5 Å². The lowest BCUT2D eigenvalue weighted by molar-refractivity contribution is -0.151. The van der Waals surface area contributed by atoms with E-state index in [2.05, 4.69) is 26.7 Å². The smallest absolute Gasteiger partial charge is 0.311 e. The van der Waals surface area contributed by atoms with Gasteiger partial charge < -0.3 is 19.5 Å². The van der Waals surface area contributed by atoms with Crippen molar-refractivity contribution < 1.29 is 33.4 Å². The van der Waals surface area contributed by atoms with Gasteiger partial charge in [-0.1, -0.05) is 27.5 Å². The number of methoxy groups -OCH3 is 2. The number of nitrogens with zero attached hydrogens (tertiary/aromatic N) is 1. The number of benzene rings is 2. The third-order valence-corrected chi connectivity index (χ3v) is 5.67. The Morgan fingerprint density at radius 3 is 2.41 bits per heavy atom. The lowest BCUT2D eigenvalue weighted by Gasteiger charge is -2.18. The highest BCUT2D eigenvalue weighted by atomic mass is 79.9. The highest BCUT2D eigenvalue weighted by Crippen LogP contribution is 2.26. The van der Waals surface area contributed by atoms with Gasteiger partial charge in [0.1, 0.15) is 11.5 Å². The van der Waals surface area contributed by atoms with Gasteiger partial charge in [-0.25, -0.2) is 0 Å². The summed E-state index contributed by atoms with van der Waals surface area (Å²) >= 11 is 9.31. The number of anilines is 1. The van der Waals surface area contributed by atoms with Crippen LogP contribution in [-0.2, 0) is 19.1 Å². The molecule has 3 amide bonds. The molecule has 0 bridgehead atoms. The molecule has 1 aliphatic rings. The van der Waals surface area contributed by atoms with Crippen LogP contribution in [0, 0.1) is 5.92 Å². The van der Waals surface area contributed by atoms with E-state index in [1.54, 1.807) is 24.3 Å². The minimum Gasteiger partial charge on any atom is -0.497 e. The maximum atomic E-state index is 12.6. The Balaban J connectivity index is 1.53. The molecular weight excluding hydrogens is 534 g/mol. The van der Waals surface area contributed by atoms with Gasteiger partial charge >= 0.3 is 5.97 Å². The predicted octanol–water partition coefficient (Wildman–Crippen LogP) is 2.79. The maximum Gasteiger partial charge on any atom is 0.311 e. The van der Waals surface area contributed by atoms with E-state index in [1.807, 2.05) is 0 Å². The normalized spacial score (nSPS) is 15.0. The second-order valence-corrected chi connectivity index (χ2v) is 8.55. The Bertz CT molecular complexity index is 1110. The molecule has 1 saturated heterocycles. The summed E-state index contributed by atoms with van der Waals surface area (Å²) in [6, 6.07) is 9.48. The Hall–Kier alpha value is -3.31. The molecule has 1 aliphatic heterocycles. The molecule has 2 aromatic carbocycles. The molecular formula is C22H21BrClN3O7. The molecule has 0 spiro atoms. The van der Waals surface area contributed by atoms with Crippen molar-refractivity contribution in [2.24, 2.45) is 5.92 Å². The number of carbonyl (C=O) groups is 4. The molecule has 0 unspecified atom stereocenters. The molecule has 0 aliphatic carbocycles. The summed E-state index contributed by atoms with van der Waals surface area (Å²) in [6.07, 6.45) is -0.166. The Labute approximate surface area is 208 Å². The molecule has 34 heavy (non-hydrogen) atoms. The van der Waals surface area contributed by atoms with Crippen molar-refractivity contribution in [2.75, 3.05) is 32.7 Å². The van der Waals surface area contributed by atoms with Gasteiger partial charge in [0.2, 0.25) is 5.91 Å². The fraction of sp³-hybridized carbons (Fsp3) is 0.273. The van der Waals surface area contributed by atoms with Crippen LogP contribution in [0.2, 0.25) is 5.02 Å². The first-order valence-corrected chi connectivity index (χ1v) is 11.1. The number of rotatable bonds is 8. The molecule has 1 fully saturated rings. The van der Waals surface area contributed by atoms with Crippen LogP contribution in [0.15, 0.2) is 40.9 Å². The van der Waals surface area contributed by atoms with E-state index in [-0.39, 0.29) is 18.5 Å². The molecule has 12 heteroatoms. The molecule has 0 radical (unpaired) electrons. The van der Waals surface area contributed by atoms with Gasteiger partial charge in [0.05, 0.1) is 37.4 Å². The molecule has 1 atom stereocenters. The van der Waals surface area contributed by atoms with Crippen LogP contribution in [-0.4, -0.2) is 56.1 Å². The SMILES string of the molecule is COc1cc(OC)cc(C(=O)NN2C[C@@H](C(=O)OCC(=O)Nc3ccc(Br)cc3Cl)CC2=O)c1. The average Bonchev–Trinajstić information content (AvgIpc) is 3.18. The highest BCUT2D eigenvalue weighted by molar-refractivity contribution is 9.10. The van der Waals surface area contributed by atoms with Crippen molar-refractivity contribution >= 4 is 56.9 Å². The van der Waals surface area contributed by atoms with E-state index in [4.69, 9.17) is 25.8 Å². The minimum atomic E-state index is -0.836. The van der Waals surface area contributed by atoms with Crippen molar-refractivity contribution in [3.63, 3.8) is 0 Å². The summed E-state index contributed by atoms with van der Waals surface area (Å²) in [7, 11) is 2.90. The molecule has 1 heterocycles. The van der Waals surface area contributed by atoms with E-state index >= 15 is 0 Å². The van der Waals surface area contributed by atoms with E-state index in [9.17, 15) is 19.2 Å². The zero-order valence-electron chi connectivity index (χ0n) is 18.2. The highest BCUT2D eigenvalue weighted by Gasteiger charge is 2.36. The predicted molar refractivity (Wildman–Crippen MR) is 126 cm³/mol. The number of hydrogen-bond acceptors (Lipinski definition) is 7. The number of amides is 3. The van der Waals surface area contributed by atoms with Gasteiger partial charge in [-0.2, -0.15) is 0 Å². The lowest BCUT2D eigenvalue weighted by atomic mass is 10.1. The number of hydrogen-bond donors (Lipinski definition) is 2. The number of hydrazine groups is 1. The molecule has 0 aromatic heterocycles. The van der Waals surface area contributed by atoms with E-state index in [0.717, 1.165) is 9.48 Å². The number of ether oxygens (including phenoxy) is 3. The maximum absolute atomic E-state index is 12.6. The fourth-order valence-electron chi connectivity index (χ4n) is 3.13. The minimum absolute atomic E-state index is 0.0926. The van der Waals surface area contributed by atoms with Crippen LogP contribution < -0.4 is 20.2 Å². The van der Waals surface area contributed by atoms with Crippen molar-refractivity contribution in [3.8, 4) is 11.5 Å². The van der Waals surface area contributed by atoms with E-state index in [1.165, 1.54) is 26.4 Å². The van der Waals surface area contributed by atoms with Crippen LogP contribution in [0.3, 0.4) is 0 Å². The van der Waals surface area contributed by atoms with Crippen LogP contribution in [0.1, 0.15) is 16.8 Å². The Morgan fingerprint density at radius 1 is 1.12 bits per heavy atom. The third kappa shape index (κ3) is 6.39. The lowest BCUT2D eigenvalue weighted by Crippen LogP contribution is -2.43. The molecule has 2 N–H and O–H groups in total. The Morgan fingerprint density at radius 2 is 1.79 bits per heavy atom. The van der Waals surface area contributed by atoms with Crippen molar-refractivity contribution in [3.05, 3.63) is 51.5 Å². The number of halogens is 2. The van der Waals surface area contributed by atoms with Crippen LogP contribution in [0.4, 0.5) is 5.69 Å². The van der Waals surface area contributed by atoms with Gasteiger partial charge in [0.25, 0.3) is 11.8 Å². The topological polar surface area (TPSA) is 123 Å². The second kappa shape index (κ2) is 11.2. The third-order valence-electron chi connectivity index (χ3n) is 4.86. The summed E-state index contributed by atoms with van der Waals surface area (Å²) in [5.41, 5.74) is 3.04. The molecule has 10 nitrogen and oxygen atoms in total. The van der Waals surface area contributed by atoms with E-state index in [0.29, 0.717) is 22.2 Å². The summed E-state index contributed by atoms with van der Waals surface area (Å²) < 4.78 is 16.1. The standard InChI is InChI=1S/C22H21BrClN3O7/c1-32-15-5-12(6-16(9-15)33-2)21(30)26-27-10-13(7-20(27)29)22(31)34-11-19(28)25-18-4-3-14(23)8-17(18)24/h3-6,8-9,13H,7,10-11H2,1-2H3,(H,25,28)(H,26,30)/t13-/m0/s1. The van der Waals surface area contributed by atoms with Crippen LogP contribution in [0.25, 0.3) is 0 Å². The zero-order valence-corrected chi connectivity index (χ0v) is 20.6. The van der Waals surface area contributed by atoms with E-state index < -0.39 is 36.2 Å². The largest absolute Gasteiger partial charge is 0.497 e. The zero-order chi connectivity index (χ0) is 24.8. The quantitative estimate of drug-likeness (QED) is 0.481. The van der Waals surface area contributed by atoms with Gasteiger partial charge in [0, 0.05) is 22.5 Å². The first-order chi connectivity index (χ1) is 16.2. The fourth-order valence-corrected chi connectivity index (χ4v) is 3.85. The summed E-state index contributed by atoms with van der Waals surface area (Å²) in [5, 5.41) is 3.90. The summed E-state index contributed by atoms with van der Waals surface area (Å²) in [5.74, 6) is -2.38. The summed E-state index contributed by atoms with van der Waals surface area (Å²) in [6.45, 7) is -0.642. The summed E-state index contributed by atoms with van der Waals surface area (Å²) in [4.78, 5) is 49.4.